The maximum atomic E-state index is 12.5. The van der Waals surface area contributed by atoms with Gasteiger partial charge in [0.05, 0.1) is 54.8 Å². The minimum atomic E-state index is -0.975. The molecular formula is C89H84O15. The van der Waals surface area contributed by atoms with Gasteiger partial charge >= 0.3 is 17.9 Å². The van der Waals surface area contributed by atoms with Gasteiger partial charge in [0.2, 0.25) is 0 Å². The number of aliphatic hydroxyl groups is 1. The molecule has 11 aromatic rings. The van der Waals surface area contributed by atoms with Crippen molar-refractivity contribution in [1.29, 1.82) is 0 Å². The summed E-state index contributed by atoms with van der Waals surface area (Å²) in [6.07, 6.45) is 7.64. The molecule has 0 aliphatic heterocycles. The van der Waals surface area contributed by atoms with Crippen molar-refractivity contribution in [2.75, 3.05) is 35.5 Å². The van der Waals surface area contributed by atoms with E-state index in [1.54, 1.807) is 89.1 Å². The number of phenolic OH excluding ortho intramolecular Hbond substituents is 1. The Kier molecular flexibility index (Phi) is 27.3. The monoisotopic (exact) mass is 1390 g/mol. The summed E-state index contributed by atoms with van der Waals surface area (Å²) in [6, 6.07) is 82.0. The van der Waals surface area contributed by atoms with E-state index in [1.165, 1.54) is 41.0 Å². The third-order valence-electron chi connectivity index (χ3n) is 17.9. The van der Waals surface area contributed by atoms with E-state index in [2.05, 4.69) is 48.5 Å². The fourth-order valence-electron chi connectivity index (χ4n) is 12.5. The van der Waals surface area contributed by atoms with Crippen LogP contribution in [0.15, 0.2) is 267 Å². The molecule has 14 rings (SSSR count). The van der Waals surface area contributed by atoms with E-state index >= 15 is 0 Å². The van der Waals surface area contributed by atoms with Gasteiger partial charge in [0.15, 0.2) is 11.6 Å². The molecule has 0 radical (unpaired) electrons. The Morgan fingerprint density at radius 1 is 0.404 bits per heavy atom. The Hall–Kier alpha value is -12.3. The van der Waals surface area contributed by atoms with Gasteiger partial charge in [0.1, 0.15) is 40.1 Å². The molecule has 11 aromatic carbocycles. The molecule has 15 heteroatoms. The molecule has 104 heavy (non-hydrogen) atoms. The van der Waals surface area contributed by atoms with Crippen LogP contribution in [0.2, 0.25) is 0 Å². The molecule has 1 unspecified atom stereocenters. The molecule has 3 aliphatic rings. The van der Waals surface area contributed by atoms with Crippen LogP contribution in [-0.4, -0.2) is 90.6 Å². The highest BCUT2D eigenvalue weighted by molar-refractivity contribution is 6.10. The van der Waals surface area contributed by atoms with Gasteiger partial charge < -0.3 is 49.2 Å². The molecule has 5 N–H and O–H groups in total. The average Bonchev–Trinajstić information content (AvgIpc) is 1.60. The van der Waals surface area contributed by atoms with Crippen LogP contribution in [0.4, 0.5) is 0 Å². The predicted molar refractivity (Wildman–Crippen MR) is 403 cm³/mol. The Morgan fingerprint density at radius 2 is 0.837 bits per heavy atom. The first-order chi connectivity index (χ1) is 50.4. The van der Waals surface area contributed by atoms with Crippen molar-refractivity contribution in [3.05, 3.63) is 362 Å². The fraction of sp³-hybridized carbons (Fsp3) is 0.180. The lowest BCUT2D eigenvalue weighted by atomic mass is 9.88. The van der Waals surface area contributed by atoms with Gasteiger partial charge in [-0.05, 0) is 195 Å². The standard InChI is InChI=1S/C16H14O4.C16H16O3.C16H16O2.C16H14O.C15H14O3.C10H10O2/c1-20-13-8-7-12(9-15(17)18)14(10-13)16(19)11-5-3-2-4-6-11;1-19-15-8-7-13(11-16(17)18)14(10-15)9-12-5-3-2-4-6-12;1-18-14-8-7-12-9-10-16(17,15(12)11-14)13-5-3-2-4-6-13;1-17-14-9-7-13-8-10-15(16(13)11-14)12-5-3-2-4-6-12;16-14-7-6-12(10-15(17)18)13(9-14)8-11-4-2-1-3-5-11;1-12-8-4-2-7-3-5-10(11)9(7)6-8/h2-8,10H,9H2,1H3,(H,17,18);2-8,10H,9,11H2,1H3,(H,17,18);2-8,11,17H,9-10H2,1H3;2-7,9-11H,8H2,1H3;1-7,9,16H,8,10H2,(H,17,18);2,4,6H,3,5H2,1H3. The first-order valence-corrected chi connectivity index (χ1v) is 33.9. The number of aryl methyl sites for hydroxylation is 2. The van der Waals surface area contributed by atoms with Crippen molar-refractivity contribution in [1.82, 2.24) is 0 Å². The summed E-state index contributed by atoms with van der Waals surface area (Å²) in [6.45, 7) is 0. The molecule has 0 spiro atoms. The topological polar surface area (TPSA) is 233 Å². The normalized spacial score (nSPS) is 13.1. The molecule has 0 heterocycles. The van der Waals surface area contributed by atoms with Crippen LogP contribution >= 0.6 is 0 Å². The van der Waals surface area contributed by atoms with Crippen LogP contribution in [0.1, 0.15) is 117 Å². The number of hydrogen-bond acceptors (Lipinski definition) is 12. The number of rotatable bonds is 19. The number of ketones is 2. The Balaban J connectivity index is 0.000000145. The van der Waals surface area contributed by atoms with Crippen LogP contribution in [0.3, 0.4) is 0 Å². The molecule has 1 atom stereocenters. The number of allylic oxidation sites excluding steroid dienone is 1. The highest BCUT2D eigenvalue weighted by atomic mass is 16.5. The van der Waals surface area contributed by atoms with Crippen molar-refractivity contribution >= 4 is 35.0 Å². The first-order valence-electron chi connectivity index (χ1n) is 33.9. The average molecular weight is 1390 g/mol. The minimum absolute atomic E-state index is 0.0254. The number of ether oxygens (including phenoxy) is 5. The quantitative estimate of drug-likeness (QED) is 0.0474. The molecule has 0 saturated heterocycles. The number of benzene rings is 11. The first kappa shape index (κ1) is 75.9. The summed E-state index contributed by atoms with van der Waals surface area (Å²) in [7, 11) is 8.09. The Labute approximate surface area is 606 Å². The molecule has 530 valence electrons. The van der Waals surface area contributed by atoms with E-state index in [1.807, 2.05) is 152 Å². The zero-order valence-electron chi connectivity index (χ0n) is 58.8. The largest absolute Gasteiger partial charge is 0.508 e. The second-order valence-electron chi connectivity index (χ2n) is 24.7. The number of fused-ring (bicyclic) bond motifs is 3. The number of methoxy groups -OCH3 is 5. The molecule has 0 amide bonds. The molecule has 0 aromatic heterocycles. The maximum absolute atomic E-state index is 12.5. The van der Waals surface area contributed by atoms with Gasteiger partial charge in [0.25, 0.3) is 0 Å². The highest BCUT2D eigenvalue weighted by Gasteiger charge is 2.38. The molecule has 0 bridgehead atoms. The van der Waals surface area contributed by atoms with Gasteiger partial charge in [0, 0.05) is 23.1 Å². The predicted octanol–water partition coefficient (Wildman–Crippen LogP) is 16.5. The summed E-state index contributed by atoms with van der Waals surface area (Å²) in [5.41, 5.74) is 16.6. The van der Waals surface area contributed by atoms with Crippen molar-refractivity contribution in [3.63, 3.8) is 0 Å². The van der Waals surface area contributed by atoms with E-state index in [0.29, 0.717) is 41.7 Å². The number of carbonyl (C=O) groups is 5. The number of hydrogen-bond donors (Lipinski definition) is 5. The third kappa shape index (κ3) is 20.9. The van der Waals surface area contributed by atoms with Crippen LogP contribution in [-0.2, 0) is 71.4 Å². The van der Waals surface area contributed by atoms with Gasteiger partial charge in [-0.3, -0.25) is 24.0 Å². The van der Waals surface area contributed by atoms with E-state index < -0.39 is 23.5 Å². The molecular weight excluding hydrogens is 1310 g/mol. The third-order valence-corrected chi connectivity index (χ3v) is 17.9. The summed E-state index contributed by atoms with van der Waals surface area (Å²) in [4.78, 5) is 56.3. The van der Waals surface area contributed by atoms with Crippen LogP contribution in [0.5, 0.6) is 34.5 Å². The number of carboxylic acids is 3. The van der Waals surface area contributed by atoms with Gasteiger partial charge in [-0.2, -0.15) is 0 Å². The van der Waals surface area contributed by atoms with Crippen molar-refractivity contribution in [2.45, 2.75) is 69.8 Å². The lowest BCUT2D eigenvalue weighted by molar-refractivity contribution is -0.137. The molecule has 0 saturated carbocycles. The van der Waals surface area contributed by atoms with E-state index in [9.17, 15) is 34.2 Å². The number of aliphatic carboxylic acids is 3. The second-order valence-corrected chi connectivity index (χ2v) is 24.7. The van der Waals surface area contributed by atoms with Crippen molar-refractivity contribution < 1.29 is 73.2 Å². The zero-order chi connectivity index (χ0) is 74.0. The number of aromatic hydroxyl groups is 1. The Morgan fingerprint density at radius 3 is 1.38 bits per heavy atom. The van der Waals surface area contributed by atoms with E-state index in [0.717, 1.165) is 104 Å². The lowest BCUT2D eigenvalue weighted by Gasteiger charge is -2.25. The van der Waals surface area contributed by atoms with Crippen molar-refractivity contribution in [3.8, 4) is 34.5 Å². The van der Waals surface area contributed by atoms with Gasteiger partial charge in [-0.1, -0.05) is 194 Å². The SMILES string of the molecule is COc1ccc(CC(=O)O)c(C(=O)c2ccccc2)c1.COc1ccc(CC(=O)O)c(Cc2ccccc2)c1.COc1ccc2c(c1)C(=O)CC2.COc1ccc2c(c1)C(O)(c1ccccc1)CC2.COc1ccc2c(c1)C(c1ccccc1)=CC2.O=C(O)Cc1ccc(O)cc1Cc1ccccc1. The molecule has 15 nitrogen and oxygen atoms in total. The summed E-state index contributed by atoms with van der Waals surface area (Å²) >= 11 is 0. The van der Waals surface area contributed by atoms with Crippen LogP contribution < -0.4 is 23.7 Å². The van der Waals surface area contributed by atoms with Crippen LogP contribution in [0.25, 0.3) is 5.57 Å². The van der Waals surface area contributed by atoms with Crippen LogP contribution in [0, 0.1) is 0 Å². The smallest absolute Gasteiger partial charge is 0.307 e. The minimum Gasteiger partial charge on any atom is -0.508 e. The Bertz CT molecular complexity index is 4750. The maximum Gasteiger partial charge on any atom is 0.307 e. The van der Waals surface area contributed by atoms with Crippen molar-refractivity contribution in [2.24, 2.45) is 0 Å². The number of Topliss-reactive ketones (excluding diaryl/α,β-unsaturated/α-hetero) is 1. The zero-order valence-corrected chi connectivity index (χ0v) is 58.8. The number of phenols is 1. The summed E-state index contributed by atoms with van der Waals surface area (Å²) in [5, 5.41) is 47.2. The number of carboxylic acid groups (broad SMARTS) is 3. The second kappa shape index (κ2) is 37.4. The molecule has 3 aliphatic carbocycles. The van der Waals surface area contributed by atoms with E-state index in [-0.39, 0.29) is 36.6 Å². The molecule has 0 fully saturated rings. The van der Waals surface area contributed by atoms with E-state index in [4.69, 9.17) is 39.0 Å². The fourth-order valence-corrected chi connectivity index (χ4v) is 12.5. The van der Waals surface area contributed by atoms with Gasteiger partial charge in [-0.25, -0.2) is 0 Å². The lowest BCUT2D eigenvalue weighted by Crippen LogP contribution is -2.23. The number of carbonyl (C=O) groups excluding carboxylic acids is 2. The highest BCUT2D eigenvalue weighted by Crippen LogP contribution is 2.43. The van der Waals surface area contributed by atoms with Gasteiger partial charge in [-0.15, -0.1) is 0 Å². The summed E-state index contributed by atoms with van der Waals surface area (Å²) < 4.78 is 25.9. The summed E-state index contributed by atoms with van der Waals surface area (Å²) in [5.74, 6) is 1.30.